The quantitative estimate of drug-likeness (QED) is 0.443. The molecular formula is C24H17N5. The molecule has 5 aromatic rings. The Hall–Kier alpha value is -4.04. The van der Waals surface area contributed by atoms with Gasteiger partial charge in [0.05, 0.1) is 11.2 Å². The minimum absolute atomic E-state index is 0.643. The summed E-state index contributed by atoms with van der Waals surface area (Å²) in [4.78, 5) is 4.62. The van der Waals surface area contributed by atoms with Crippen molar-refractivity contribution in [3.63, 3.8) is 0 Å². The fourth-order valence-corrected chi connectivity index (χ4v) is 3.46. The third-order valence-electron chi connectivity index (χ3n) is 4.93. The summed E-state index contributed by atoms with van der Waals surface area (Å²) in [7, 11) is 0. The highest BCUT2D eigenvalue weighted by atomic mass is 15.4. The number of aryl methyl sites for hydroxylation is 1. The molecule has 0 amide bonds. The van der Waals surface area contributed by atoms with Crippen molar-refractivity contribution in [3.05, 3.63) is 89.5 Å². The van der Waals surface area contributed by atoms with E-state index in [1.807, 2.05) is 55.6 Å². The molecule has 0 unspecified atom stereocenters. The molecule has 5 nitrogen and oxygen atoms in total. The van der Waals surface area contributed by atoms with E-state index < -0.39 is 0 Å². The van der Waals surface area contributed by atoms with Crippen LogP contribution in [-0.4, -0.2) is 24.8 Å². The highest BCUT2D eigenvalue weighted by molar-refractivity contribution is 5.84. The minimum Gasteiger partial charge on any atom is -0.256 e. The molecule has 138 valence electrons. The van der Waals surface area contributed by atoms with Crippen molar-refractivity contribution in [2.24, 2.45) is 0 Å². The van der Waals surface area contributed by atoms with Gasteiger partial charge in [0.2, 0.25) is 0 Å². The van der Waals surface area contributed by atoms with E-state index in [4.69, 9.17) is 6.42 Å². The van der Waals surface area contributed by atoms with E-state index in [9.17, 15) is 0 Å². The smallest absolute Gasteiger partial charge is 0.177 e. The number of terminal acetylenes is 1. The molecule has 2 aromatic carbocycles. The van der Waals surface area contributed by atoms with Crippen molar-refractivity contribution < 1.29 is 0 Å². The Morgan fingerprint density at radius 2 is 1.90 bits per heavy atom. The predicted octanol–water partition coefficient (Wildman–Crippen LogP) is 4.22. The lowest BCUT2D eigenvalue weighted by atomic mass is 10.0. The van der Waals surface area contributed by atoms with Crippen molar-refractivity contribution in [1.82, 2.24) is 24.8 Å². The van der Waals surface area contributed by atoms with Crippen molar-refractivity contribution in [2.75, 3.05) is 0 Å². The number of hydrogen-bond donors (Lipinski definition) is 0. The average molecular weight is 375 g/mol. The van der Waals surface area contributed by atoms with Crippen molar-refractivity contribution in [1.29, 1.82) is 0 Å². The minimum atomic E-state index is 0.643. The van der Waals surface area contributed by atoms with Crippen LogP contribution in [0.25, 0.3) is 27.7 Å². The summed E-state index contributed by atoms with van der Waals surface area (Å²) in [6.45, 7) is 1.96. The molecule has 0 fully saturated rings. The van der Waals surface area contributed by atoms with Gasteiger partial charge in [0.15, 0.2) is 11.5 Å². The second-order valence-electron chi connectivity index (χ2n) is 7.01. The molecule has 0 saturated heterocycles. The molecule has 0 aliphatic rings. The van der Waals surface area contributed by atoms with Gasteiger partial charge in [0, 0.05) is 29.1 Å². The summed E-state index contributed by atoms with van der Waals surface area (Å²) in [5.74, 6) is 3.50. The zero-order valence-electron chi connectivity index (χ0n) is 15.9. The standard InChI is InChI=1S/C24H17N5/c1-3-17-5-4-6-19(11-17)21-14-20-12-18(8-9-22(20)25-15-21)13-24-27-26-23-10-7-16(2)28-29(23)24/h1,4-12,14-15H,13H2,2H3. The second kappa shape index (κ2) is 6.84. The van der Waals surface area contributed by atoms with E-state index in [0.717, 1.165) is 50.3 Å². The first-order chi connectivity index (χ1) is 14.2. The van der Waals surface area contributed by atoms with Gasteiger partial charge in [-0.15, -0.1) is 16.6 Å². The largest absolute Gasteiger partial charge is 0.256 e. The van der Waals surface area contributed by atoms with Gasteiger partial charge in [-0.3, -0.25) is 4.98 Å². The summed E-state index contributed by atoms with van der Waals surface area (Å²) in [5, 5.41) is 14.1. The van der Waals surface area contributed by atoms with E-state index in [0.29, 0.717) is 6.42 Å². The molecule has 0 saturated carbocycles. The van der Waals surface area contributed by atoms with Gasteiger partial charge in [-0.25, -0.2) is 0 Å². The SMILES string of the molecule is C#Cc1cccc(-c2cnc3ccc(Cc4nnc5ccc(C)nn45)cc3c2)c1. The van der Waals surface area contributed by atoms with Crippen molar-refractivity contribution in [2.45, 2.75) is 13.3 Å². The van der Waals surface area contributed by atoms with Gasteiger partial charge < -0.3 is 0 Å². The predicted molar refractivity (Wildman–Crippen MR) is 113 cm³/mol. The zero-order chi connectivity index (χ0) is 19.8. The number of rotatable bonds is 3. The van der Waals surface area contributed by atoms with Crippen LogP contribution in [0.2, 0.25) is 0 Å². The molecule has 0 aliphatic carbocycles. The molecule has 0 aliphatic heterocycles. The van der Waals surface area contributed by atoms with Gasteiger partial charge in [-0.1, -0.05) is 24.1 Å². The first-order valence-electron chi connectivity index (χ1n) is 9.33. The molecule has 0 N–H and O–H groups in total. The lowest BCUT2D eigenvalue weighted by Gasteiger charge is -2.06. The van der Waals surface area contributed by atoms with Crippen LogP contribution in [0.3, 0.4) is 0 Å². The monoisotopic (exact) mass is 375 g/mol. The lowest BCUT2D eigenvalue weighted by Crippen LogP contribution is -2.01. The van der Waals surface area contributed by atoms with Crippen LogP contribution in [0.4, 0.5) is 0 Å². The van der Waals surface area contributed by atoms with Crippen molar-refractivity contribution in [3.8, 4) is 23.5 Å². The van der Waals surface area contributed by atoms with Crippen LogP contribution in [0.5, 0.6) is 0 Å². The van der Waals surface area contributed by atoms with E-state index >= 15 is 0 Å². The molecule has 0 bridgehead atoms. The average Bonchev–Trinajstić information content (AvgIpc) is 3.15. The Labute approximate surface area is 168 Å². The summed E-state index contributed by atoms with van der Waals surface area (Å²) < 4.78 is 1.81. The molecular weight excluding hydrogens is 358 g/mol. The third-order valence-corrected chi connectivity index (χ3v) is 4.93. The van der Waals surface area contributed by atoms with Crippen LogP contribution in [0.15, 0.2) is 66.9 Å². The maximum Gasteiger partial charge on any atom is 0.177 e. The molecule has 0 spiro atoms. The molecule has 0 atom stereocenters. The van der Waals surface area contributed by atoms with Crippen LogP contribution < -0.4 is 0 Å². The normalized spacial score (nSPS) is 11.0. The number of aromatic nitrogens is 5. The fraction of sp³-hybridized carbons (Fsp3) is 0.0833. The fourth-order valence-electron chi connectivity index (χ4n) is 3.46. The van der Waals surface area contributed by atoms with Gasteiger partial charge in [0.1, 0.15) is 0 Å². The van der Waals surface area contributed by atoms with Crippen molar-refractivity contribution >= 4 is 16.6 Å². The highest BCUT2D eigenvalue weighted by Gasteiger charge is 2.09. The van der Waals surface area contributed by atoms with Crippen LogP contribution >= 0.6 is 0 Å². The van der Waals surface area contributed by atoms with E-state index in [1.165, 1.54) is 0 Å². The Morgan fingerprint density at radius 3 is 2.79 bits per heavy atom. The number of pyridine rings is 1. The number of benzene rings is 2. The first kappa shape index (κ1) is 17.1. The first-order valence-corrected chi connectivity index (χ1v) is 9.33. The third kappa shape index (κ3) is 3.21. The van der Waals surface area contributed by atoms with E-state index in [1.54, 1.807) is 4.52 Å². The highest BCUT2D eigenvalue weighted by Crippen LogP contribution is 2.25. The Bertz CT molecular complexity index is 1410. The molecule has 3 aromatic heterocycles. The van der Waals surface area contributed by atoms with Gasteiger partial charge >= 0.3 is 0 Å². The summed E-state index contributed by atoms with van der Waals surface area (Å²) >= 11 is 0. The maximum atomic E-state index is 5.54. The van der Waals surface area contributed by atoms with Crippen LogP contribution in [-0.2, 0) is 6.42 Å². The van der Waals surface area contributed by atoms with Gasteiger partial charge in [-0.05, 0) is 60.5 Å². The molecule has 3 heterocycles. The molecule has 29 heavy (non-hydrogen) atoms. The summed E-state index contributed by atoms with van der Waals surface area (Å²) in [6.07, 6.45) is 8.07. The van der Waals surface area contributed by atoms with Gasteiger partial charge in [-0.2, -0.15) is 9.61 Å². The molecule has 5 rings (SSSR count). The Kier molecular flexibility index (Phi) is 4.03. The van der Waals surface area contributed by atoms with E-state index in [-0.39, 0.29) is 0 Å². The van der Waals surface area contributed by atoms with Crippen LogP contribution in [0.1, 0.15) is 22.6 Å². The molecule has 0 radical (unpaired) electrons. The summed E-state index contributed by atoms with van der Waals surface area (Å²) in [6, 6.07) is 20.2. The zero-order valence-corrected chi connectivity index (χ0v) is 15.9. The summed E-state index contributed by atoms with van der Waals surface area (Å²) in [5.41, 5.74) is 6.72. The lowest BCUT2D eigenvalue weighted by molar-refractivity contribution is 0.821. The Morgan fingerprint density at radius 1 is 0.966 bits per heavy atom. The van der Waals surface area contributed by atoms with E-state index in [2.05, 4.69) is 44.4 Å². The molecule has 5 heteroatoms. The number of hydrogen-bond acceptors (Lipinski definition) is 4. The van der Waals surface area contributed by atoms with Gasteiger partial charge in [0.25, 0.3) is 0 Å². The van der Waals surface area contributed by atoms with Crippen LogP contribution in [0, 0.1) is 19.3 Å². The second-order valence-corrected chi connectivity index (χ2v) is 7.01. The Balaban J connectivity index is 1.53. The topological polar surface area (TPSA) is 56.0 Å². The number of nitrogens with zero attached hydrogens (tertiary/aromatic N) is 5. The maximum absolute atomic E-state index is 5.54. The number of fused-ring (bicyclic) bond motifs is 2.